The highest BCUT2D eigenvalue weighted by molar-refractivity contribution is 5.99. The summed E-state index contributed by atoms with van der Waals surface area (Å²) in [5.74, 6) is -28.8. The van der Waals surface area contributed by atoms with E-state index in [1.54, 1.807) is 0 Å². The van der Waals surface area contributed by atoms with E-state index in [9.17, 15) is 49.1 Å². The molecule has 1 atom stereocenters. The predicted octanol–water partition coefficient (Wildman–Crippen LogP) is 3.22. The molecule has 0 bridgehead atoms. The zero-order valence-electron chi connectivity index (χ0n) is 10.9. The van der Waals surface area contributed by atoms with Gasteiger partial charge in [0.1, 0.15) is 5.78 Å². The maximum atomic E-state index is 13.5. The molecule has 0 saturated heterocycles. The summed E-state index contributed by atoms with van der Waals surface area (Å²) in [6, 6.07) is 0. The van der Waals surface area contributed by atoms with Crippen molar-refractivity contribution in [3.05, 3.63) is 0 Å². The van der Waals surface area contributed by atoms with E-state index in [1.165, 1.54) is 0 Å². The van der Waals surface area contributed by atoms with Crippen LogP contribution in [0.25, 0.3) is 0 Å². The monoisotopic (exact) mass is 348 g/mol. The van der Waals surface area contributed by atoms with Crippen LogP contribution in [0.3, 0.4) is 0 Å². The Bertz CT molecular complexity index is 441. The molecule has 0 aromatic rings. The number of esters is 1. The van der Waals surface area contributed by atoms with Gasteiger partial charge in [-0.05, 0) is 13.8 Å². The lowest BCUT2D eigenvalue weighted by Gasteiger charge is -2.35. The van der Waals surface area contributed by atoms with Crippen LogP contribution in [0.5, 0.6) is 0 Å². The number of carbonyl (C=O) groups is 2. The summed E-state index contributed by atoms with van der Waals surface area (Å²) in [6.07, 6.45) is -7.03. The first-order valence-corrected chi connectivity index (χ1v) is 5.43. The topological polar surface area (TPSA) is 43.4 Å². The van der Waals surface area contributed by atoms with Crippen molar-refractivity contribution in [1.29, 1.82) is 0 Å². The number of Topliss-reactive ketones (excluding diaryl/α,β-unsaturated/α-hetero) is 1. The molecule has 22 heavy (non-hydrogen) atoms. The molecule has 0 heterocycles. The van der Waals surface area contributed by atoms with Crippen LogP contribution >= 0.6 is 0 Å². The second kappa shape index (κ2) is 5.95. The third-order valence-electron chi connectivity index (χ3n) is 2.46. The minimum Gasteiger partial charge on any atom is -0.465 e. The van der Waals surface area contributed by atoms with Crippen molar-refractivity contribution in [2.75, 3.05) is 6.61 Å². The summed E-state index contributed by atoms with van der Waals surface area (Å²) in [4.78, 5) is 22.0. The van der Waals surface area contributed by atoms with Gasteiger partial charge in [-0.1, -0.05) is 0 Å². The highest BCUT2D eigenvalue weighted by Gasteiger charge is 2.84. The normalized spacial score (nSPS) is 15.4. The van der Waals surface area contributed by atoms with Crippen molar-refractivity contribution in [2.24, 2.45) is 5.92 Å². The van der Waals surface area contributed by atoms with Gasteiger partial charge in [0.25, 0.3) is 0 Å². The van der Waals surface area contributed by atoms with Crippen molar-refractivity contribution < 1.29 is 53.8 Å². The number of rotatable bonds is 6. The highest BCUT2D eigenvalue weighted by atomic mass is 19.4. The van der Waals surface area contributed by atoms with E-state index in [0.717, 1.165) is 6.92 Å². The summed E-state index contributed by atoms with van der Waals surface area (Å²) in [7, 11) is 0. The fourth-order valence-corrected chi connectivity index (χ4v) is 1.36. The Labute approximate surface area is 117 Å². The van der Waals surface area contributed by atoms with Crippen LogP contribution in [0.1, 0.15) is 13.8 Å². The van der Waals surface area contributed by atoms with Crippen molar-refractivity contribution in [3.8, 4) is 0 Å². The lowest BCUT2D eigenvalue weighted by molar-refractivity contribution is -0.399. The number of carbonyl (C=O) groups excluding carboxylic acids is 2. The molecule has 0 amide bonds. The molecule has 0 aromatic heterocycles. The van der Waals surface area contributed by atoms with Crippen LogP contribution in [0.15, 0.2) is 0 Å². The first kappa shape index (κ1) is 20.5. The van der Waals surface area contributed by atoms with Gasteiger partial charge in [-0.2, -0.15) is 39.5 Å². The molecule has 0 rings (SSSR count). The molecule has 1 unspecified atom stereocenters. The average Bonchev–Trinajstić information content (AvgIpc) is 2.25. The number of hydrogen-bond acceptors (Lipinski definition) is 3. The largest absolute Gasteiger partial charge is 0.465 e. The summed E-state index contributed by atoms with van der Waals surface area (Å²) >= 11 is 0. The van der Waals surface area contributed by atoms with E-state index in [0.29, 0.717) is 0 Å². The molecule has 0 fully saturated rings. The maximum absolute atomic E-state index is 13.5. The van der Waals surface area contributed by atoms with Crippen molar-refractivity contribution in [1.82, 2.24) is 0 Å². The summed E-state index contributed by atoms with van der Waals surface area (Å²) in [6.45, 7) is 0.465. The number of ketones is 1. The van der Waals surface area contributed by atoms with Gasteiger partial charge in [-0.15, -0.1) is 0 Å². The Morgan fingerprint density at radius 1 is 0.909 bits per heavy atom. The van der Waals surface area contributed by atoms with Crippen LogP contribution in [0.4, 0.5) is 39.5 Å². The van der Waals surface area contributed by atoms with Gasteiger partial charge >= 0.3 is 29.9 Å². The van der Waals surface area contributed by atoms with E-state index in [4.69, 9.17) is 0 Å². The quantitative estimate of drug-likeness (QED) is 0.421. The second-order valence-corrected chi connectivity index (χ2v) is 4.07. The van der Waals surface area contributed by atoms with E-state index in [1.807, 2.05) is 0 Å². The highest BCUT2D eigenvalue weighted by Crippen LogP contribution is 2.55. The molecular formula is C10H9F9O3. The summed E-state index contributed by atoms with van der Waals surface area (Å²) < 4.78 is 118. The molecular weight excluding hydrogens is 339 g/mol. The molecule has 0 saturated carbocycles. The van der Waals surface area contributed by atoms with Crippen LogP contribution in [0.2, 0.25) is 0 Å². The van der Waals surface area contributed by atoms with Crippen molar-refractivity contribution in [2.45, 2.75) is 37.8 Å². The third-order valence-corrected chi connectivity index (χ3v) is 2.46. The summed E-state index contributed by atoms with van der Waals surface area (Å²) in [5.41, 5.74) is 0. The number of halogens is 9. The standard InChI is InChI=1S/C10H9F9O3/c1-3-22-6(21)5(4(2)20)7(11,12)8(13,14)9(15,16)10(17,18)19/h5H,3H2,1-2H3. The van der Waals surface area contributed by atoms with Gasteiger partial charge < -0.3 is 4.74 Å². The Kier molecular flexibility index (Phi) is 5.55. The average molecular weight is 348 g/mol. The van der Waals surface area contributed by atoms with Crippen LogP contribution in [-0.2, 0) is 14.3 Å². The first-order valence-electron chi connectivity index (χ1n) is 5.43. The van der Waals surface area contributed by atoms with Gasteiger partial charge in [0.15, 0.2) is 5.92 Å². The molecule has 0 aliphatic rings. The smallest absolute Gasteiger partial charge is 0.460 e. The summed E-state index contributed by atoms with van der Waals surface area (Å²) in [5, 5.41) is 0. The van der Waals surface area contributed by atoms with E-state index in [2.05, 4.69) is 4.74 Å². The number of ether oxygens (including phenoxy) is 1. The molecule has 130 valence electrons. The maximum Gasteiger partial charge on any atom is 0.460 e. The van der Waals surface area contributed by atoms with Gasteiger partial charge in [0.2, 0.25) is 0 Å². The molecule has 0 aliphatic heterocycles. The minimum atomic E-state index is -7.18. The van der Waals surface area contributed by atoms with Gasteiger partial charge in [-0.25, -0.2) is 0 Å². The fourth-order valence-electron chi connectivity index (χ4n) is 1.36. The number of alkyl halides is 9. The molecule has 0 N–H and O–H groups in total. The van der Waals surface area contributed by atoms with E-state index in [-0.39, 0.29) is 6.92 Å². The third kappa shape index (κ3) is 3.14. The lowest BCUT2D eigenvalue weighted by atomic mass is 9.89. The van der Waals surface area contributed by atoms with Gasteiger partial charge in [0.05, 0.1) is 6.61 Å². The Balaban J connectivity index is 6.05. The van der Waals surface area contributed by atoms with Crippen LogP contribution in [-0.4, -0.2) is 42.3 Å². The van der Waals surface area contributed by atoms with Gasteiger partial charge in [-0.3, -0.25) is 9.59 Å². The Hall–Kier alpha value is -1.49. The number of hydrogen-bond donors (Lipinski definition) is 0. The predicted molar refractivity (Wildman–Crippen MR) is 51.7 cm³/mol. The fraction of sp³-hybridized carbons (Fsp3) is 0.800. The minimum absolute atomic E-state index is 0.150. The molecule has 12 heteroatoms. The Morgan fingerprint density at radius 3 is 1.59 bits per heavy atom. The zero-order valence-corrected chi connectivity index (χ0v) is 10.9. The second-order valence-electron chi connectivity index (χ2n) is 4.07. The molecule has 0 aromatic carbocycles. The van der Waals surface area contributed by atoms with E-state index >= 15 is 0 Å². The SMILES string of the molecule is CCOC(=O)C(C(C)=O)C(F)(F)C(F)(F)C(F)(F)C(F)(F)F. The first-order chi connectivity index (χ1) is 9.55. The van der Waals surface area contributed by atoms with Crippen LogP contribution < -0.4 is 0 Å². The Morgan fingerprint density at radius 2 is 1.32 bits per heavy atom. The van der Waals surface area contributed by atoms with Crippen molar-refractivity contribution >= 4 is 11.8 Å². The van der Waals surface area contributed by atoms with Crippen molar-refractivity contribution in [3.63, 3.8) is 0 Å². The molecule has 0 aliphatic carbocycles. The molecule has 0 radical (unpaired) electrons. The molecule has 3 nitrogen and oxygen atoms in total. The lowest BCUT2D eigenvalue weighted by Crippen LogP contribution is -2.65. The van der Waals surface area contributed by atoms with Crippen LogP contribution in [0, 0.1) is 5.92 Å². The van der Waals surface area contributed by atoms with E-state index < -0.39 is 48.2 Å². The van der Waals surface area contributed by atoms with Gasteiger partial charge in [0, 0.05) is 0 Å². The zero-order chi connectivity index (χ0) is 18.1. The molecule has 0 spiro atoms.